The quantitative estimate of drug-likeness (QED) is 0.886. The summed E-state index contributed by atoms with van der Waals surface area (Å²) in [4.78, 5) is 26.8. The Morgan fingerprint density at radius 2 is 2.08 bits per heavy atom. The van der Waals surface area contributed by atoms with Gasteiger partial charge in [-0.15, -0.1) is 10.2 Å². The van der Waals surface area contributed by atoms with Crippen molar-refractivity contribution in [2.75, 3.05) is 18.4 Å². The number of aryl methyl sites for hydroxylation is 1. The van der Waals surface area contributed by atoms with Crippen LogP contribution in [0.5, 0.6) is 0 Å². The minimum absolute atomic E-state index is 0.0710. The lowest BCUT2D eigenvalue weighted by Gasteiger charge is -2.32. The van der Waals surface area contributed by atoms with Crippen LogP contribution in [-0.4, -0.2) is 40.0 Å². The van der Waals surface area contributed by atoms with Gasteiger partial charge in [-0.1, -0.05) is 29.9 Å². The maximum atomic E-state index is 12.6. The Bertz CT molecular complexity index is 762. The molecule has 0 bridgehead atoms. The van der Waals surface area contributed by atoms with Gasteiger partial charge in [0.25, 0.3) is 5.91 Å². The first-order valence-electron chi connectivity index (χ1n) is 8.25. The van der Waals surface area contributed by atoms with Crippen molar-refractivity contribution in [3.63, 3.8) is 0 Å². The van der Waals surface area contributed by atoms with E-state index in [1.54, 1.807) is 29.2 Å². The minimum atomic E-state index is -0.237. The summed E-state index contributed by atoms with van der Waals surface area (Å²) in [6.07, 6.45) is 2.35. The van der Waals surface area contributed by atoms with Crippen molar-refractivity contribution in [2.45, 2.75) is 26.2 Å². The van der Waals surface area contributed by atoms with E-state index < -0.39 is 0 Å². The number of nitrogens with one attached hydrogen (secondary N) is 1. The molecule has 0 unspecified atom stereocenters. The van der Waals surface area contributed by atoms with E-state index in [0.29, 0.717) is 28.8 Å². The van der Waals surface area contributed by atoms with Gasteiger partial charge in [0.05, 0.1) is 5.92 Å². The molecule has 1 aliphatic heterocycles. The maximum absolute atomic E-state index is 12.6. The molecule has 2 heterocycles. The molecule has 1 aromatic carbocycles. The zero-order chi connectivity index (χ0) is 17.8. The highest BCUT2D eigenvalue weighted by atomic mass is 35.5. The number of benzene rings is 1. The summed E-state index contributed by atoms with van der Waals surface area (Å²) in [6, 6.07) is 6.82. The van der Waals surface area contributed by atoms with Gasteiger partial charge in [0, 0.05) is 23.7 Å². The fourth-order valence-corrected chi connectivity index (χ4v) is 3.61. The lowest BCUT2D eigenvalue weighted by Crippen LogP contribution is -2.43. The Kier molecular flexibility index (Phi) is 5.65. The highest BCUT2D eigenvalue weighted by molar-refractivity contribution is 7.15. The number of likely N-dealkylation sites (tertiary alicyclic amines) is 1. The maximum Gasteiger partial charge on any atom is 0.253 e. The standard InChI is InChI=1S/C17H19ClN4O2S/c1-2-14-20-21-17(25-14)19-15(23)12-4-3-9-22(10-12)16(24)11-5-7-13(18)8-6-11/h5-8,12H,2-4,9-10H2,1H3,(H,19,21,23)/t12-/m1/s1. The van der Waals surface area contributed by atoms with Crippen LogP contribution in [0.3, 0.4) is 0 Å². The summed E-state index contributed by atoms with van der Waals surface area (Å²) in [6.45, 7) is 3.06. The number of amides is 2. The van der Waals surface area contributed by atoms with Crippen LogP contribution in [-0.2, 0) is 11.2 Å². The topological polar surface area (TPSA) is 75.2 Å². The van der Waals surface area contributed by atoms with Crippen LogP contribution in [0.15, 0.2) is 24.3 Å². The van der Waals surface area contributed by atoms with Crippen LogP contribution < -0.4 is 5.32 Å². The Morgan fingerprint density at radius 1 is 1.32 bits per heavy atom. The molecule has 1 fully saturated rings. The van der Waals surface area contributed by atoms with Crippen molar-refractivity contribution in [3.05, 3.63) is 39.9 Å². The van der Waals surface area contributed by atoms with E-state index >= 15 is 0 Å². The second-order valence-corrected chi connectivity index (χ2v) is 7.44. The average molecular weight is 379 g/mol. The molecular formula is C17H19ClN4O2S. The van der Waals surface area contributed by atoms with Crippen molar-refractivity contribution in [3.8, 4) is 0 Å². The molecule has 1 saturated heterocycles. The van der Waals surface area contributed by atoms with E-state index in [2.05, 4.69) is 15.5 Å². The molecule has 0 saturated carbocycles. The molecule has 1 N–H and O–H groups in total. The Labute approximate surface area is 155 Å². The third-order valence-electron chi connectivity index (χ3n) is 4.17. The second kappa shape index (κ2) is 7.93. The molecule has 25 heavy (non-hydrogen) atoms. The predicted octanol–water partition coefficient (Wildman–Crippen LogP) is 3.24. The van der Waals surface area contributed by atoms with Crippen LogP contribution in [0.4, 0.5) is 5.13 Å². The third kappa shape index (κ3) is 4.35. The molecule has 1 atom stereocenters. The number of hydrogen-bond donors (Lipinski definition) is 1. The van der Waals surface area contributed by atoms with Gasteiger partial charge in [0.1, 0.15) is 5.01 Å². The van der Waals surface area contributed by atoms with Gasteiger partial charge in [0.2, 0.25) is 11.0 Å². The Morgan fingerprint density at radius 3 is 2.76 bits per heavy atom. The van der Waals surface area contributed by atoms with Crippen LogP contribution in [0.2, 0.25) is 5.02 Å². The van der Waals surface area contributed by atoms with Crippen molar-refractivity contribution >= 4 is 39.9 Å². The van der Waals surface area contributed by atoms with Gasteiger partial charge in [-0.25, -0.2) is 0 Å². The summed E-state index contributed by atoms with van der Waals surface area (Å²) in [5.74, 6) is -0.412. The summed E-state index contributed by atoms with van der Waals surface area (Å²) >= 11 is 7.25. The molecule has 0 spiro atoms. The monoisotopic (exact) mass is 378 g/mol. The van der Waals surface area contributed by atoms with Gasteiger partial charge in [-0.2, -0.15) is 0 Å². The molecule has 132 valence electrons. The average Bonchev–Trinajstić information content (AvgIpc) is 3.09. The van der Waals surface area contributed by atoms with E-state index in [4.69, 9.17) is 11.6 Å². The molecule has 1 aromatic heterocycles. The number of carbonyl (C=O) groups excluding carboxylic acids is 2. The van der Waals surface area contributed by atoms with E-state index in [0.717, 1.165) is 24.3 Å². The molecule has 0 radical (unpaired) electrons. The van der Waals surface area contributed by atoms with Crippen molar-refractivity contribution in [1.82, 2.24) is 15.1 Å². The summed E-state index contributed by atoms with van der Waals surface area (Å²) in [5, 5.41) is 12.8. The van der Waals surface area contributed by atoms with Crippen LogP contribution in [0.1, 0.15) is 35.1 Å². The Hall–Kier alpha value is -1.99. The fraction of sp³-hybridized carbons (Fsp3) is 0.412. The number of carbonyl (C=O) groups is 2. The smallest absolute Gasteiger partial charge is 0.253 e. The molecule has 3 rings (SSSR count). The SMILES string of the molecule is CCc1nnc(NC(=O)[C@@H]2CCCN(C(=O)c3ccc(Cl)cc3)C2)s1. The van der Waals surface area contributed by atoms with Gasteiger partial charge < -0.3 is 10.2 Å². The van der Waals surface area contributed by atoms with Gasteiger partial charge in [-0.3, -0.25) is 9.59 Å². The van der Waals surface area contributed by atoms with Crippen LogP contribution in [0, 0.1) is 5.92 Å². The minimum Gasteiger partial charge on any atom is -0.338 e. The zero-order valence-corrected chi connectivity index (χ0v) is 15.4. The molecule has 0 aliphatic carbocycles. The number of rotatable bonds is 4. The number of aromatic nitrogens is 2. The highest BCUT2D eigenvalue weighted by Gasteiger charge is 2.29. The second-order valence-electron chi connectivity index (χ2n) is 5.94. The van der Waals surface area contributed by atoms with Crippen molar-refractivity contribution in [1.29, 1.82) is 0 Å². The molecule has 6 nitrogen and oxygen atoms in total. The number of nitrogens with zero attached hydrogens (tertiary/aromatic N) is 3. The van der Waals surface area contributed by atoms with E-state index in [9.17, 15) is 9.59 Å². The van der Waals surface area contributed by atoms with Gasteiger partial charge in [0.15, 0.2) is 0 Å². The van der Waals surface area contributed by atoms with Crippen LogP contribution >= 0.6 is 22.9 Å². The molecule has 2 aromatic rings. The first-order valence-corrected chi connectivity index (χ1v) is 9.44. The summed E-state index contributed by atoms with van der Waals surface area (Å²) in [7, 11) is 0. The zero-order valence-electron chi connectivity index (χ0n) is 13.9. The fourth-order valence-electron chi connectivity index (χ4n) is 2.81. The lowest BCUT2D eigenvalue weighted by molar-refractivity contribution is -0.121. The highest BCUT2D eigenvalue weighted by Crippen LogP contribution is 2.22. The number of piperidine rings is 1. The summed E-state index contributed by atoms with van der Waals surface area (Å²) in [5.41, 5.74) is 0.585. The molecular weight excluding hydrogens is 360 g/mol. The normalized spacial score (nSPS) is 17.4. The van der Waals surface area contributed by atoms with Crippen molar-refractivity contribution in [2.24, 2.45) is 5.92 Å². The predicted molar refractivity (Wildman–Crippen MR) is 98.0 cm³/mol. The van der Waals surface area contributed by atoms with Gasteiger partial charge >= 0.3 is 0 Å². The first-order chi connectivity index (χ1) is 12.1. The molecule has 2 amide bonds. The third-order valence-corrected chi connectivity index (χ3v) is 5.40. The van der Waals surface area contributed by atoms with E-state index in [1.807, 2.05) is 6.92 Å². The number of halogens is 1. The molecule has 8 heteroatoms. The first kappa shape index (κ1) is 17.8. The number of hydrogen-bond acceptors (Lipinski definition) is 5. The molecule has 1 aliphatic rings. The van der Waals surface area contributed by atoms with Crippen molar-refractivity contribution < 1.29 is 9.59 Å². The Balaban J connectivity index is 1.62. The lowest BCUT2D eigenvalue weighted by atomic mass is 9.96. The summed E-state index contributed by atoms with van der Waals surface area (Å²) < 4.78 is 0. The van der Waals surface area contributed by atoms with Crippen LogP contribution in [0.25, 0.3) is 0 Å². The van der Waals surface area contributed by atoms with E-state index in [1.165, 1.54) is 11.3 Å². The largest absolute Gasteiger partial charge is 0.338 e. The van der Waals surface area contributed by atoms with E-state index in [-0.39, 0.29) is 17.7 Å². The number of anilines is 1. The van der Waals surface area contributed by atoms with Gasteiger partial charge in [-0.05, 0) is 43.5 Å².